The molecule has 0 aromatic carbocycles. The Balaban J connectivity index is 1.84. The maximum atomic E-state index is 13.4. The van der Waals surface area contributed by atoms with Gasteiger partial charge in [0.05, 0.1) is 23.5 Å². The van der Waals surface area contributed by atoms with E-state index in [2.05, 4.69) is 25.1 Å². The summed E-state index contributed by atoms with van der Waals surface area (Å²) >= 11 is 0.957. The molecule has 2 aromatic heterocycles. The SMILES string of the molecule is CC(C)c1nsc(NC(=O)[C@@H]2Cc3c(cnn3C)N[C@H]2C(F)(F)F)n1. The normalized spacial score (nSPS) is 20.3. The topological polar surface area (TPSA) is 84.7 Å². The van der Waals surface area contributed by atoms with Crippen LogP contribution in [0.25, 0.3) is 0 Å². The number of halogens is 3. The van der Waals surface area contributed by atoms with Gasteiger partial charge in [-0.3, -0.25) is 9.48 Å². The summed E-state index contributed by atoms with van der Waals surface area (Å²) in [6, 6.07) is -1.98. The summed E-state index contributed by atoms with van der Waals surface area (Å²) in [6.45, 7) is 3.78. The molecule has 3 heterocycles. The van der Waals surface area contributed by atoms with Crippen molar-refractivity contribution in [2.75, 3.05) is 10.6 Å². The second kappa shape index (κ2) is 6.28. The fourth-order valence-electron chi connectivity index (χ4n) is 2.69. The van der Waals surface area contributed by atoms with Crippen LogP contribution in [-0.4, -0.2) is 37.3 Å². The standard InChI is InChI=1S/C14H17F3N6OS/c1-6(2)11-20-13(25-22-11)21-12(24)7-4-9-8(5-18-23(9)3)19-10(7)14(15,16)17/h5-7,10,19H,4H2,1-3H3,(H,20,21,22,24)/t7-,10-/m1/s1. The molecular formula is C14H17F3N6OS. The van der Waals surface area contributed by atoms with E-state index < -0.39 is 24.0 Å². The number of aromatic nitrogens is 4. The van der Waals surface area contributed by atoms with E-state index in [-0.39, 0.29) is 17.5 Å². The van der Waals surface area contributed by atoms with Crippen LogP contribution >= 0.6 is 11.5 Å². The fraction of sp³-hybridized carbons (Fsp3) is 0.571. The van der Waals surface area contributed by atoms with Gasteiger partial charge in [-0.1, -0.05) is 13.8 Å². The van der Waals surface area contributed by atoms with Crippen molar-refractivity contribution >= 4 is 28.3 Å². The molecule has 0 saturated carbocycles. The van der Waals surface area contributed by atoms with E-state index in [0.717, 1.165) is 11.5 Å². The van der Waals surface area contributed by atoms with Crippen molar-refractivity contribution < 1.29 is 18.0 Å². The first-order valence-corrected chi connectivity index (χ1v) is 8.42. The third kappa shape index (κ3) is 3.46. The minimum absolute atomic E-state index is 0.0648. The molecule has 136 valence electrons. The van der Waals surface area contributed by atoms with Gasteiger partial charge in [-0.25, -0.2) is 4.98 Å². The fourth-order valence-corrected chi connectivity index (χ4v) is 3.40. The Labute approximate surface area is 145 Å². The summed E-state index contributed by atoms with van der Waals surface area (Å²) in [7, 11) is 1.63. The summed E-state index contributed by atoms with van der Waals surface area (Å²) in [5.41, 5.74) is 0.854. The molecular weight excluding hydrogens is 357 g/mol. The van der Waals surface area contributed by atoms with Crippen LogP contribution in [0, 0.1) is 5.92 Å². The molecule has 1 amide bonds. The zero-order valence-electron chi connectivity index (χ0n) is 13.8. The maximum Gasteiger partial charge on any atom is 0.409 e. The Morgan fingerprint density at radius 3 is 2.80 bits per heavy atom. The van der Waals surface area contributed by atoms with Gasteiger partial charge in [-0.15, -0.1) is 0 Å². The Bertz CT molecular complexity index is 784. The number of hydrogen-bond acceptors (Lipinski definition) is 6. The summed E-state index contributed by atoms with van der Waals surface area (Å²) in [6.07, 6.45) is -3.30. The number of alkyl halides is 3. The number of hydrogen-bond donors (Lipinski definition) is 2. The average Bonchev–Trinajstić information content (AvgIpc) is 3.12. The van der Waals surface area contributed by atoms with E-state index in [4.69, 9.17) is 0 Å². The third-order valence-electron chi connectivity index (χ3n) is 4.07. The molecule has 0 saturated heterocycles. The quantitative estimate of drug-likeness (QED) is 0.863. The number of nitrogens with one attached hydrogen (secondary N) is 2. The molecule has 0 bridgehead atoms. The van der Waals surface area contributed by atoms with E-state index in [9.17, 15) is 18.0 Å². The Morgan fingerprint density at radius 1 is 1.48 bits per heavy atom. The molecule has 1 aliphatic rings. The summed E-state index contributed by atoms with van der Waals surface area (Å²) in [5.74, 6) is -1.45. The largest absolute Gasteiger partial charge is 0.409 e. The van der Waals surface area contributed by atoms with Crippen molar-refractivity contribution in [3.05, 3.63) is 17.7 Å². The summed E-state index contributed by atoms with van der Waals surface area (Å²) in [4.78, 5) is 16.6. The number of fused-ring (bicyclic) bond motifs is 1. The van der Waals surface area contributed by atoms with E-state index >= 15 is 0 Å². The molecule has 0 radical (unpaired) electrons. The van der Waals surface area contributed by atoms with Crippen LogP contribution in [-0.2, 0) is 18.3 Å². The highest BCUT2D eigenvalue weighted by atomic mass is 32.1. The zero-order valence-corrected chi connectivity index (χ0v) is 14.6. The van der Waals surface area contributed by atoms with Crippen LogP contribution in [0.2, 0.25) is 0 Å². The Hall–Kier alpha value is -2.17. The molecule has 2 N–H and O–H groups in total. The molecule has 2 atom stereocenters. The minimum Gasteiger partial charge on any atom is -0.371 e. The molecule has 11 heteroatoms. The minimum atomic E-state index is -4.57. The van der Waals surface area contributed by atoms with Crippen molar-refractivity contribution in [3.8, 4) is 0 Å². The number of aryl methyl sites for hydroxylation is 1. The third-order valence-corrected chi connectivity index (χ3v) is 4.71. The molecule has 7 nitrogen and oxygen atoms in total. The molecule has 3 rings (SSSR count). The van der Waals surface area contributed by atoms with Crippen LogP contribution in [0.3, 0.4) is 0 Å². The highest BCUT2D eigenvalue weighted by Gasteiger charge is 2.50. The van der Waals surface area contributed by atoms with Crippen molar-refractivity contribution in [3.63, 3.8) is 0 Å². The van der Waals surface area contributed by atoms with Gasteiger partial charge in [-0.2, -0.15) is 22.6 Å². The maximum absolute atomic E-state index is 13.4. The first kappa shape index (κ1) is 17.6. The van der Waals surface area contributed by atoms with E-state index in [1.54, 1.807) is 7.05 Å². The molecule has 25 heavy (non-hydrogen) atoms. The predicted molar refractivity (Wildman–Crippen MR) is 86.5 cm³/mol. The molecule has 1 aliphatic heterocycles. The van der Waals surface area contributed by atoms with Gasteiger partial charge >= 0.3 is 6.18 Å². The number of carbonyl (C=O) groups is 1. The Morgan fingerprint density at radius 2 is 2.20 bits per heavy atom. The molecule has 0 fully saturated rings. The van der Waals surface area contributed by atoms with Crippen LogP contribution < -0.4 is 10.6 Å². The lowest BCUT2D eigenvalue weighted by Crippen LogP contribution is -2.50. The highest BCUT2D eigenvalue weighted by Crippen LogP contribution is 2.37. The number of rotatable bonds is 3. The van der Waals surface area contributed by atoms with Crippen LogP contribution in [0.4, 0.5) is 24.0 Å². The van der Waals surface area contributed by atoms with Gasteiger partial charge in [0.25, 0.3) is 0 Å². The van der Waals surface area contributed by atoms with Gasteiger partial charge in [0, 0.05) is 30.9 Å². The van der Waals surface area contributed by atoms with Crippen molar-refractivity contribution in [2.24, 2.45) is 13.0 Å². The van der Waals surface area contributed by atoms with Gasteiger partial charge < -0.3 is 10.6 Å². The van der Waals surface area contributed by atoms with Gasteiger partial charge in [0.1, 0.15) is 11.9 Å². The summed E-state index contributed by atoms with van der Waals surface area (Å²) in [5, 5.41) is 9.01. The first-order chi connectivity index (χ1) is 11.7. The number of anilines is 2. The molecule has 0 aliphatic carbocycles. The second-order valence-corrected chi connectivity index (χ2v) is 6.96. The number of nitrogens with zero attached hydrogens (tertiary/aromatic N) is 4. The number of carbonyl (C=O) groups excluding carboxylic acids is 1. The lowest BCUT2D eigenvalue weighted by molar-refractivity contribution is -0.160. The number of amides is 1. The van der Waals surface area contributed by atoms with Crippen LogP contribution in [0.15, 0.2) is 6.20 Å². The predicted octanol–water partition coefficient (Wildman–Crippen LogP) is 2.55. The van der Waals surface area contributed by atoms with Crippen molar-refractivity contribution in [2.45, 2.75) is 38.4 Å². The van der Waals surface area contributed by atoms with E-state index in [0.29, 0.717) is 17.2 Å². The Kier molecular flexibility index (Phi) is 4.43. The highest BCUT2D eigenvalue weighted by molar-refractivity contribution is 7.09. The van der Waals surface area contributed by atoms with Crippen LogP contribution in [0.5, 0.6) is 0 Å². The van der Waals surface area contributed by atoms with E-state index in [1.165, 1.54) is 10.9 Å². The monoisotopic (exact) mass is 374 g/mol. The second-order valence-electron chi connectivity index (χ2n) is 6.20. The smallest absolute Gasteiger partial charge is 0.371 e. The van der Waals surface area contributed by atoms with Gasteiger partial charge in [0.15, 0.2) is 0 Å². The van der Waals surface area contributed by atoms with Gasteiger partial charge in [-0.05, 0) is 0 Å². The lowest BCUT2D eigenvalue weighted by Gasteiger charge is -2.33. The average molecular weight is 374 g/mol. The summed E-state index contributed by atoms with van der Waals surface area (Å²) < 4.78 is 45.8. The van der Waals surface area contributed by atoms with Crippen molar-refractivity contribution in [1.82, 2.24) is 19.1 Å². The molecule has 0 unspecified atom stereocenters. The molecule has 2 aromatic rings. The lowest BCUT2D eigenvalue weighted by atomic mass is 9.89. The van der Waals surface area contributed by atoms with Crippen LogP contribution in [0.1, 0.15) is 31.3 Å². The van der Waals surface area contributed by atoms with Crippen molar-refractivity contribution in [1.29, 1.82) is 0 Å². The van der Waals surface area contributed by atoms with Gasteiger partial charge in [0.2, 0.25) is 11.0 Å². The first-order valence-electron chi connectivity index (χ1n) is 7.65. The van der Waals surface area contributed by atoms with E-state index in [1.807, 2.05) is 13.8 Å². The molecule has 0 spiro atoms. The zero-order chi connectivity index (χ0) is 18.4.